The van der Waals surface area contributed by atoms with E-state index in [0.717, 1.165) is 23.7 Å². The lowest BCUT2D eigenvalue weighted by Gasteiger charge is -2.23. The van der Waals surface area contributed by atoms with Gasteiger partial charge in [-0.25, -0.2) is 0 Å². The Balaban J connectivity index is 2.19. The lowest BCUT2D eigenvalue weighted by molar-refractivity contribution is -0.170. The first-order valence-corrected chi connectivity index (χ1v) is 8.89. The number of nitriles is 1. The summed E-state index contributed by atoms with van der Waals surface area (Å²) >= 11 is 6.38. The Labute approximate surface area is 167 Å². The topological polar surface area (TPSA) is 109 Å². The maximum atomic E-state index is 13.2. The van der Waals surface area contributed by atoms with E-state index in [-0.39, 0.29) is 21.3 Å². The molecular formula is C16H15ClF3N7O2. The summed E-state index contributed by atoms with van der Waals surface area (Å²) in [6.07, 6.45) is -1.95. The SMILES string of the molecule is CNC(=O)CN(C(=O)C(F)(F)F)c1c(C#N)cnn1-c1nn2c(c1Cl)CCCC2. The lowest BCUT2D eigenvalue weighted by Crippen LogP contribution is -2.47. The highest BCUT2D eigenvalue weighted by molar-refractivity contribution is 6.33. The Hall–Kier alpha value is -3.07. The van der Waals surface area contributed by atoms with E-state index >= 15 is 0 Å². The molecule has 1 aliphatic rings. The molecule has 2 aromatic rings. The van der Waals surface area contributed by atoms with Crippen LogP contribution in [0.25, 0.3) is 5.82 Å². The van der Waals surface area contributed by atoms with Crippen molar-refractivity contribution in [2.75, 3.05) is 18.5 Å². The van der Waals surface area contributed by atoms with Gasteiger partial charge in [0.2, 0.25) is 5.91 Å². The van der Waals surface area contributed by atoms with Crippen LogP contribution in [0.5, 0.6) is 0 Å². The maximum absolute atomic E-state index is 13.2. The van der Waals surface area contributed by atoms with Crippen molar-refractivity contribution in [1.82, 2.24) is 24.9 Å². The third kappa shape index (κ3) is 3.77. The minimum atomic E-state index is -5.28. The van der Waals surface area contributed by atoms with Gasteiger partial charge in [-0.15, -0.1) is 0 Å². The Morgan fingerprint density at radius 1 is 1.41 bits per heavy atom. The summed E-state index contributed by atoms with van der Waals surface area (Å²) in [5.74, 6) is -3.73. The number of anilines is 1. The molecule has 0 bridgehead atoms. The first-order chi connectivity index (χ1) is 13.7. The minimum absolute atomic E-state index is 0.0167. The van der Waals surface area contributed by atoms with Crippen LogP contribution in [0.2, 0.25) is 5.02 Å². The number of alkyl halides is 3. The summed E-state index contributed by atoms with van der Waals surface area (Å²) in [6.45, 7) is -0.402. The number of amides is 2. The van der Waals surface area contributed by atoms with Gasteiger partial charge in [0.05, 0.1) is 11.9 Å². The molecule has 0 aliphatic carbocycles. The average molecular weight is 430 g/mol. The van der Waals surface area contributed by atoms with E-state index < -0.39 is 30.4 Å². The van der Waals surface area contributed by atoms with Gasteiger partial charge in [-0.2, -0.15) is 33.3 Å². The lowest BCUT2D eigenvalue weighted by atomic mass is 10.1. The van der Waals surface area contributed by atoms with Gasteiger partial charge in [0.15, 0.2) is 11.6 Å². The molecule has 0 unspecified atom stereocenters. The maximum Gasteiger partial charge on any atom is 0.471 e. The molecule has 13 heteroatoms. The van der Waals surface area contributed by atoms with Crippen LogP contribution in [0.15, 0.2) is 6.20 Å². The van der Waals surface area contributed by atoms with Gasteiger partial charge in [-0.1, -0.05) is 11.6 Å². The molecule has 0 fully saturated rings. The van der Waals surface area contributed by atoms with Crippen LogP contribution >= 0.6 is 11.6 Å². The van der Waals surface area contributed by atoms with Crippen LogP contribution in [0.3, 0.4) is 0 Å². The summed E-state index contributed by atoms with van der Waals surface area (Å²) in [4.78, 5) is 24.0. The number of hydrogen-bond acceptors (Lipinski definition) is 5. The fourth-order valence-corrected chi connectivity index (χ4v) is 3.34. The summed E-state index contributed by atoms with van der Waals surface area (Å²) in [7, 11) is 1.21. The third-order valence-corrected chi connectivity index (χ3v) is 4.79. The fourth-order valence-electron chi connectivity index (χ4n) is 3.03. The number of carbonyl (C=O) groups is 2. The predicted octanol–water partition coefficient (Wildman–Crippen LogP) is 1.57. The smallest absolute Gasteiger partial charge is 0.358 e. The Morgan fingerprint density at radius 3 is 2.72 bits per heavy atom. The zero-order valence-corrected chi connectivity index (χ0v) is 15.9. The van der Waals surface area contributed by atoms with E-state index in [4.69, 9.17) is 11.6 Å². The quantitative estimate of drug-likeness (QED) is 0.793. The number of likely N-dealkylation sites (N-methyl/N-ethyl adjacent to an activating group) is 1. The number of hydrogen-bond donors (Lipinski definition) is 1. The van der Waals surface area contributed by atoms with E-state index in [9.17, 15) is 28.0 Å². The molecule has 0 saturated heterocycles. The minimum Gasteiger partial charge on any atom is -0.358 e. The molecule has 0 radical (unpaired) electrons. The van der Waals surface area contributed by atoms with Crippen LogP contribution < -0.4 is 10.2 Å². The zero-order chi connectivity index (χ0) is 21.3. The first-order valence-electron chi connectivity index (χ1n) is 8.52. The summed E-state index contributed by atoms with van der Waals surface area (Å²) < 4.78 is 42.1. The van der Waals surface area contributed by atoms with E-state index in [1.54, 1.807) is 10.8 Å². The molecule has 154 valence electrons. The van der Waals surface area contributed by atoms with Crippen LogP contribution in [-0.2, 0) is 22.6 Å². The molecule has 1 aliphatic heterocycles. The van der Waals surface area contributed by atoms with Crippen molar-refractivity contribution in [1.29, 1.82) is 5.26 Å². The fraction of sp³-hybridized carbons (Fsp3) is 0.438. The molecule has 3 rings (SSSR count). The number of carbonyl (C=O) groups excluding carboxylic acids is 2. The number of nitrogens with one attached hydrogen (secondary N) is 1. The Morgan fingerprint density at radius 2 is 2.14 bits per heavy atom. The number of aromatic nitrogens is 4. The summed E-state index contributed by atoms with van der Waals surface area (Å²) in [5.41, 5.74) is 0.349. The van der Waals surface area contributed by atoms with Crippen LogP contribution in [-0.4, -0.2) is 51.1 Å². The number of fused-ring (bicyclic) bond motifs is 1. The van der Waals surface area contributed by atoms with Crippen molar-refractivity contribution >= 4 is 29.2 Å². The van der Waals surface area contributed by atoms with Crippen LogP contribution in [0.4, 0.5) is 19.0 Å². The monoisotopic (exact) mass is 429 g/mol. The van der Waals surface area contributed by atoms with Crippen LogP contribution in [0, 0.1) is 11.3 Å². The van der Waals surface area contributed by atoms with E-state index in [1.165, 1.54) is 7.05 Å². The van der Waals surface area contributed by atoms with Crippen molar-refractivity contribution < 1.29 is 22.8 Å². The average Bonchev–Trinajstić information content (AvgIpc) is 3.25. The molecule has 0 aromatic carbocycles. The second-order valence-electron chi connectivity index (χ2n) is 6.23. The van der Waals surface area contributed by atoms with E-state index in [0.29, 0.717) is 18.7 Å². The largest absolute Gasteiger partial charge is 0.471 e. The van der Waals surface area contributed by atoms with Crippen molar-refractivity contribution in [3.63, 3.8) is 0 Å². The highest BCUT2D eigenvalue weighted by atomic mass is 35.5. The van der Waals surface area contributed by atoms with Gasteiger partial charge in [-0.3, -0.25) is 19.2 Å². The third-order valence-electron chi connectivity index (χ3n) is 4.40. The number of halogens is 4. The van der Waals surface area contributed by atoms with Gasteiger partial charge in [0.1, 0.15) is 23.2 Å². The second kappa shape index (κ2) is 7.75. The van der Waals surface area contributed by atoms with Crippen molar-refractivity contribution in [2.24, 2.45) is 0 Å². The normalized spacial score (nSPS) is 13.5. The standard InChI is InChI=1S/C16H15ClF3N7O2/c1-22-11(28)8-25(15(29)16(18,19)20)14-9(6-21)7-23-27(14)13-12(17)10-4-2-3-5-26(10)24-13/h7H,2-5,8H2,1H3,(H,22,28). The van der Waals surface area contributed by atoms with Gasteiger partial charge < -0.3 is 5.32 Å². The molecule has 0 atom stereocenters. The van der Waals surface area contributed by atoms with Crippen molar-refractivity contribution in [3.8, 4) is 11.9 Å². The van der Waals surface area contributed by atoms with Gasteiger partial charge in [0.25, 0.3) is 0 Å². The number of aryl methyl sites for hydroxylation is 1. The van der Waals surface area contributed by atoms with E-state index in [1.807, 2.05) is 0 Å². The molecule has 1 N–H and O–H groups in total. The summed E-state index contributed by atoms with van der Waals surface area (Å²) in [5, 5.41) is 19.9. The Bertz CT molecular complexity index is 1010. The van der Waals surface area contributed by atoms with Crippen molar-refractivity contribution in [2.45, 2.75) is 32.0 Å². The molecule has 0 saturated carbocycles. The molecule has 29 heavy (non-hydrogen) atoms. The molecule has 2 amide bonds. The highest BCUT2D eigenvalue weighted by Gasteiger charge is 2.45. The zero-order valence-electron chi connectivity index (χ0n) is 15.1. The Kier molecular flexibility index (Phi) is 5.52. The first kappa shape index (κ1) is 20.7. The second-order valence-corrected chi connectivity index (χ2v) is 6.61. The summed E-state index contributed by atoms with van der Waals surface area (Å²) in [6, 6.07) is 1.69. The van der Waals surface area contributed by atoms with Gasteiger partial charge in [-0.05, 0) is 19.3 Å². The van der Waals surface area contributed by atoms with Crippen molar-refractivity contribution in [3.05, 3.63) is 22.5 Å². The highest BCUT2D eigenvalue weighted by Crippen LogP contribution is 2.33. The predicted molar refractivity (Wildman–Crippen MR) is 94.5 cm³/mol. The van der Waals surface area contributed by atoms with E-state index in [2.05, 4.69) is 15.5 Å². The van der Waals surface area contributed by atoms with Gasteiger partial charge >= 0.3 is 12.1 Å². The molecule has 2 aromatic heterocycles. The number of nitrogens with zero attached hydrogens (tertiary/aromatic N) is 6. The van der Waals surface area contributed by atoms with Crippen LogP contribution in [0.1, 0.15) is 24.1 Å². The molecular weight excluding hydrogens is 415 g/mol. The van der Waals surface area contributed by atoms with Gasteiger partial charge in [0, 0.05) is 13.6 Å². The molecule has 9 nitrogen and oxygen atoms in total. The number of rotatable bonds is 4. The molecule has 3 heterocycles. The molecule has 0 spiro atoms.